The van der Waals surface area contributed by atoms with Crippen LogP contribution < -0.4 is 4.74 Å². The summed E-state index contributed by atoms with van der Waals surface area (Å²) in [5.74, 6) is 0.845. The van der Waals surface area contributed by atoms with Gasteiger partial charge in [0.1, 0.15) is 5.75 Å². The van der Waals surface area contributed by atoms with E-state index in [0.717, 1.165) is 9.32 Å². The lowest BCUT2D eigenvalue weighted by molar-refractivity contribution is 0.385. The molecule has 1 aromatic rings. The molecule has 0 saturated heterocycles. The van der Waals surface area contributed by atoms with Gasteiger partial charge in [0.25, 0.3) is 0 Å². The number of para-hydroxylation sites is 1. The van der Waals surface area contributed by atoms with Crippen LogP contribution in [0.5, 0.6) is 5.75 Å². The van der Waals surface area contributed by atoms with E-state index in [2.05, 4.69) is 22.6 Å². The van der Waals surface area contributed by atoms with Gasteiger partial charge in [0.2, 0.25) is 0 Å². The zero-order valence-corrected chi connectivity index (χ0v) is 8.09. The minimum Gasteiger partial charge on any atom is -0.477 e. The van der Waals surface area contributed by atoms with Gasteiger partial charge in [-0.25, -0.2) is 0 Å². The minimum atomic E-state index is 0.208. The summed E-state index contributed by atoms with van der Waals surface area (Å²) in [6.07, 6.45) is 0. The molecular weight excluding hydrogens is 262 g/mol. The Morgan fingerprint density at radius 1 is 1.40 bits per heavy atom. The maximum absolute atomic E-state index is 5.38. The maximum Gasteiger partial charge on any atom is 0.162 e. The summed E-state index contributed by atoms with van der Waals surface area (Å²) in [5, 5.41) is 0. The highest BCUT2D eigenvalue weighted by molar-refractivity contribution is 14.1. The zero-order chi connectivity index (χ0) is 7.40. The first-order valence-electron chi connectivity index (χ1n) is 2.78. The lowest BCUT2D eigenvalue weighted by Gasteiger charge is -2.02. The second-order valence-electron chi connectivity index (χ2n) is 1.68. The molecule has 0 atom stereocenters. The van der Waals surface area contributed by atoms with E-state index in [0.29, 0.717) is 0 Å². The molecule has 0 unspecified atom stereocenters. The minimum absolute atomic E-state index is 0.208. The average Bonchev–Trinajstić information content (AvgIpc) is 1.94. The summed E-state index contributed by atoms with van der Waals surface area (Å²) < 4.78 is 6.18. The summed E-state index contributed by atoms with van der Waals surface area (Å²) in [6.45, 7) is 0. The monoisotopic (exact) mass is 268 g/mol. The van der Waals surface area contributed by atoms with Gasteiger partial charge < -0.3 is 4.74 Å². The molecule has 0 aliphatic rings. The summed E-state index contributed by atoms with van der Waals surface area (Å²) in [5.41, 5.74) is 0. The Bertz CT molecular complexity index is 215. The van der Waals surface area contributed by atoms with Crippen molar-refractivity contribution in [2.75, 3.05) is 6.07 Å². The number of alkyl halides is 1. The smallest absolute Gasteiger partial charge is 0.162 e. The molecule has 0 N–H and O–H groups in total. The predicted octanol–water partition coefficient (Wildman–Crippen LogP) is 2.87. The van der Waals surface area contributed by atoms with E-state index < -0.39 is 0 Å². The molecule has 1 aromatic carbocycles. The van der Waals surface area contributed by atoms with Crippen LogP contribution >= 0.6 is 34.2 Å². The Balaban J connectivity index is 2.81. The fraction of sp³-hybridized carbons (Fsp3) is 0.143. The number of hydrogen-bond donors (Lipinski definition) is 0. The van der Waals surface area contributed by atoms with Gasteiger partial charge in [-0.2, -0.15) is 0 Å². The molecule has 1 rings (SSSR count). The first-order valence-corrected chi connectivity index (χ1v) is 4.39. The van der Waals surface area contributed by atoms with Crippen LogP contribution in [0.3, 0.4) is 0 Å². The van der Waals surface area contributed by atoms with Crippen molar-refractivity contribution in [2.45, 2.75) is 0 Å². The molecular formula is C7H6ClIO. The average molecular weight is 268 g/mol. The van der Waals surface area contributed by atoms with Gasteiger partial charge in [0, 0.05) is 0 Å². The molecule has 10 heavy (non-hydrogen) atoms. The van der Waals surface area contributed by atoms with Gasteiger partial charge in [-0.15, -0.1) is 0 Å². The van der Waals surface area contributed by atoms with Crippen molar-refractivity contribution in [2.24, 2.45) is 0 Å². The summed E-state index contributed by atoms with van der Waals surface area (Å²) in [6, 6.07) is 7.96. The van der Waals surface area contributed by atoms with Crippen molar-refractivity contribution >= 4 is 34.2 Å². The van der Waals surface area contributed by atoms with Crippen LogP contribution in [0.25, 0.3) is 0 Å². The van der Waals surface area contributed by atoms with Gasteiger partial charge >= 0.3 is 0 Å². The lowest BCUT2D eigenvalue weighted by Crippen LogP contribution is -1.90. The van der Waals surface area contributed by atoms with Gasteiger partial charge in [-0.05, 0) is 34.7 Å². The number of ether oxygens (including phenoxy) is 1. The summed E-state index contributed by atoms with van der Waals surface area (Å²) >= 11 is 7.58. The van der Waals surface area contributed by atoms with E-state index in [-0.39, 0.29) is 6.07 Å². The Morgan fingerprint density at radius 2 is 2.10 bits per heavy atom. The first kappa shape index (κ1) is 8.14. The topological polar surface area (TPSA) is 9.23 Å². The highest BCUT2D eigenvalue weighted by Crippen LogP contribution is 2.19. The Kier molecular flexibility index (Phi) is 3.28. The van der Waals surface area contributed by atoms with Crippen LogP contribution in [-0.2, 0) is 0 Å². The predicted molar refractivity (Wildman–Crippen MR) is 50.5 cm³/mol. The molecule has 0 saturated carbocycles. The Morgan fingerprint density at radius 3 is 2.70 bits per heavy atom. The van der Waals surface area contributed by atoms with Crippen LogP contribution in [-0.4, -0.2) is 6.07 Å². The molecule has 0 radical (unpaired) electrons. The van der Waals surface area contributed by atoms with Crippen molar-refractivity contribution in [1.29, 1.82) is 0 Å². The van der Waals surface area contributed by atoms with Crippen LogP contribution in [0.2, 0.25) is 0 Å². The Hall–Kier alpha value is 0.0400. The molecule has 0 aliphatic heterocycles. The lowest BCUT2D eigenvalue weighted by atomic mass is 10.3. The van der Waals surface area contributed by atoms with Crippen molar-refractivity contribution < 1.29 is 4.74 Å². The molecule has 0 bridgehead atoms. The largest absolute Gasteiger partial charge is 0.477 e. The molecule has 0 aliphatic carbocycles. The van der Waals surface area contributed by atoms with E-state index in [1.54, 1.807) is 0 Å². The highest BCUT2D eigenvalue weighted by atomic mass is 127. The molecule has 0 amide bonds. The number of halogens is 2. The number of rotatable bonds is 2. The fourth-order valence-corrected chi connectivity index (χ4v) is 1.28. The highest BCUT2D eigenvalue weighted by Gasteiger charge is 1.95. The normalized spacial score (nSPS) is 9.40. The van der Waals surface area contributed by atoms with E-state index in [9.17, 15) is 0 Å². The van der Waals surface area contributed by atoms with Crippen molar-refractivity contribution in [1.82, 2.24) is 0 Å². The number of hydrogen-bond acceptors (Lipinski definition) is 1. The van der Waals surface area contributed by atoms with Gasteiger partial charge in [0.15, 0.2) is 6.07 Å². The zero-order valence-electron chi connectivity index (χ0n) is 5.18. The SMILES string of the molecule is ClCOc1ccccc1I. The molecule has 1 nitrogen and oxygen atoms in total. The molecule has 3 heteroatoms. The van der Waals surface area contributed by atoms with Crippen molar-refractivity contribution in [3.8, 4) is 5.75 Å². The van der Waals surface area contributed by atoms with Crippen LogP contribution in [0, 0.1) is 3.57 Å². The first-order chi connectivity index (χ1) is 4.84. The standard InChI is InChI=1S/C7H6ClIO/c8-5-10-7-4-2-1-3-6(7)9/h1-4H,5H2. The second-order valence-corrected chi connectivity index (χ2v) is 3.06. The van der Waals surface area contributed by atoms with E-state index in [1.807, 2.05) is 24.3 Å². The molecule has 0 spiro atoms. The quantitative estimate of drug-likeness (QED) is 0.592. The van der Waals surface area contributed by atoms with Crippen molar-refractivity contribution in [3.63, 3.8) is 0 Å². The van der Waals surface area contributed by atoms with E-state index in [1.165, 1.54) is 0 Å². The van der Waals surface area contributed by atoms with Crippen LogP contribution in [0.4, 0.5) is 0 Å². The summed E-state index contributed by atoms with van der Waals surface area (Å²) in [4.78, 5) is 0. The van der Waals surface area contributed by atoms with Gasteiger partial charge in [-0.3, -0.25) is 0 Å². The summed E-state index contributed by atoms with van der Waals surface area (Å²) in [7, 11) is 0. The van der Waals surface area contributed by atoms with E-state index >= 15 is 0 Å². The van der Waals surface area contributed by atoms with Gasteiger partial charge in [0.05, 0.1) is 3.57 Å². The molecule has 0 heterocycles. The third kappa shape index (κ3) is 2.02. The Labute approximate surface area is 78.5 Å². The second kappa shape index (κ2) is 4.03. The molecule has 0 fully saturated rings. The van der Waals surface area contributed by atoms with E-state index in [4.69, 9.17) is 16.3 Å². The third-order valence-electron chi connectivity index (χ3n) is 1.05. The van der Waals surface area contributed by atoms with Crippen LogP contribution in [0.15, 0.2) is 24.3 Å². The van der Waals surface area contributed by atoms with Crippen LogP contribution in [0.1, 0.15) is 0 Å². The van der Waals surface area contributed by atoms with Gasteiger partial charge in [-0.1, -0.05) is 23.7 Å². The fourth-order valence-electron chi connectivity index (χ4n) is 0.621. The molecule has 54 valence electrons. The third-order valence-corrected chi connectivity index (χ3v) is 2.05. The number of benzene rings is 1. The molecule has 0 aromatic heterocycles. The van der Waals surface area contributed by atoms with Crippen molar-refractivity contribution in [3.05, 3.63) is 27.8 Å². The maximum atomic E-state index is 5.38.